The Morgan fingerprint density at radius 1 is 0.969 bits per heavy atom. The highest BCUT2D eigenvalue weighted by Crippen LogP contribution is 3.04. The lowest BCUT2D eigenvalue weighted by Crippen LogP contribution is -2.90. The highest BCUT2D eigenvalue weighted by Gasteiger charge is 3.10. The summed E-state index contributed by atoms with van der Waals surface area (Å²) in [6, 6.07) is 0. The van der Waals surface area contributed by atoms with Crippen LogP contribution in [0.2, 0.25) is 0 Å². The lowest BCUT2D eigenvalue weighted by molar-refractivity contribution is -0.450. The van der Waals surface area contributed by atoms with E-state index in [-0.39, 0.29) is 18.9 Å². The van der Waals surface area contributed by atoms with Gasteiger partial charge < -0.3 is 29.5 Å². The lowest BCUT2D eigenvalue weighted by Gasteiger charge is -2.84. The molecule has 3 spiro atoms. The second kappa shape index (κ2) is 5.21. The van der Waals surface area contributed by atoms with Crippen molar-refractivity contribution in [2.24, 2.45) is 38.4 Å². The minimum atomic E-state index is -1.59. The number of carbonyl (C=O) groups excluding carboxylic acids is 2. The molecule has 0 unspecified atom stereocenters. The molecule has 5 aliphatic carbocycles. The van der Waals surface area contributed by atoms with E-state index in [2.05, 4.69) is 13.8 Å². The second-order valence-electron chi connectivity index (χ2n) is 12.3. The summed E-state index contributed by atoms with van der Waals surface area (Å²) in [6.07, 6.45) is -2.23. The molecule has 3 N–H and O–H groups in total. The number of aliphatic hydroxyl groups is 3. The first-order valence-corrected chi connectivity index (χ1v) is 11.8. The molecule has 8 heteroatoms. The molecule has 6 aliphatic rings. The standard InChI is InChI=1S/C24H34O8/c1-11(25)31-16-13-9-22(29)20(6)21(10-30-22)14(27)7-8-19(5)15(28)17(32-12(2)26)23(20,18(13,3)4)24(16,19)21/h13-17,27-29H,7-10H2,1-6H3/t13-,14-,15-,16+,17-,19-,20-,21+,22-,23+,24+/m0/s1. The molecule has 1 saturated heterocycles. The van der Waals surface area contributed by atoms with Crippen LogP contribution >= 0.6 is 0 Å². The molecular weight excluding hydrogens is 416 g/mol. The number of fused-ring (bicyclic) bond motifs is 1. The summed E-state index contributed by atoms with van der Waals surface area (Å²) in [5, 5.41) is 35.6. The maximum atomic E-state index is 12.4. The molecule has 0 aromatic rings. The van der Waals surface area contributed by atoms with Gasteiger partial charge in [-0.15, -0.1) is 0 Å². The highest BCUT2D eigenvalue weighted by molar-refractivity contribution is 5.69. The Bertz CT molecular complexity index is 964. The van der Waals surface area contributed by atoms with Crippen molar-refractivity contribution in [1.29, 1.82) is 0 Å². The van der Waals surface area contributed by atoms with Gasteiger partial charge in [-0.05, 0) is 18.3 Å². The smallest absolute Gasteiger partial charge is 0.303 e. The van der Waals surface area contributed by atoms with E-state index in [9.17, 15) is 24.9 Å². The molecule has 5 saturated carbocycles. The molecule has 11 atom stereocenters. The Morgan fingerprint density at radius 3 is 2.16 bits per heavy atom. The third-order valence-corrected chi connectivity index (χ3v) is 11.9. The molecule has 2 bridgehead atoms. The Hall–Kier alpha value is -1.22. The van der Waals surface area contributed by atoms with Gasteiger partial charge in [-0.2, -0.15) is 0 Å². The molecule has 0 aromatic heterocycles. The average Bonchev–Trinajstić information content (AvgIpc) is 3.00. The van der Waals surface area contributed by atoms with E-state index >= 15 is 0 Å². The van der Waals surface area contributed by atoms with Crippen molar-refractivity contribution in [3.8, 4) is 0 Å². The molecule has 32 heavy (non-hydrogen) atoms. The molecule has 0 aromatic carbocycles. The van der Waals surface area contributed by atoms with Crippen LogP contribution in [0.4, 0.5) is 0 Å². The summed E-state index contributed by atoms with van der Waals surface area (Å²) >= 11 is 0. The van der Waals surface area contributed by atoms with Gasteiger partial charge in [-0.3, -0.25) is 9.59 Å². The molecule has 1 heterocycles. The number of hydrogen-bond acceptors (Lipinski definition) is 8. The van der Waals surface area contributed by atoms with Crippen molar-refractivity contribution < 1.29 is 39.1 Å². The normalized spacial score (nSPS) is 62.2. The zero-order valence-corrected chi connectivity index (χ0v) is 19.6. The van der Waals surface area contributed by atoms with Gasteiger partial charge in [-0.1, -0.05) is 27.7 Å². The molecular formula is C24H34O8. The third kappa shape index (κ3) is 1.40. The van der Waals surface area contributed by atoms with Crippen molar-refractivity contribution in [3.63, 3.8) is 0 Å². The van der Waals surface area contributed by atoms with Gasteiger partial charge in [-0.25, -0.2) is 0 Å². The van der Waals surface area contributed by atoms with Crippen LogP contribution in [0.25, 0.3) is 0 Å². The van der Waals surface area contributed by atoms with Crippen LogP contribution in [0.5, 0.6) is 0 Å². The largest absolute Gasteiger partial charge is 0.462 e. The van der Waals surface area contributed by atoms with Gasteiger partial charge >= 0.3 is 11.9 Å². The van der Waals surface area contributed by atoms with Gasteiger partial charge in [0.1, 0.15) is 12.2 Å². The maximum absolute atomic E-state index is 12.4. The van der Waals surface area contributed by atoms with Gasteiger partial charge in [0.2, 0.25) is 0 Å². The van der Waals surface area contributed by atoms with Crippen LogP contribution < -0.4 is 0 Å². The first kappa shape index (κ1) is 21.3. The van der Waals surface area contributed by atoms with E-state index in [1.54, 1.807) is 0 Å². The second-order valence-corrected chi connectivity index (χ2v) is 12.3. The van der Waals surface area contributed by atoms with Gasteiger partial charge in [0, 0.05) is 53.3 Å². The molecule has 1 aliphatic heterocycles. The summed E-state index contributed by atoms with van der Waals surface area (Å²) in [5.74, 6) is -2.82. The Morgan fingerprint density at radius 2 is 1.56 bits per heavy atom. The SMILES string of the molecule is CC(=O)O[C@@H]1[C@@H]2C[C@]3(O)OC[C@@]45[C@@H](O)CC[C@@]6(C)[C@@H](O)[C@H](OC(C)=O)[C@@](C2(C)C)([C@@]43C)[C@@]156. The van der Waals surface area contributed by atoms with Crippen LogP contribution in [-0.2, 0) is 23.8 Å². The predicted octanol–water partition coefficient (Wildman–Crippen LogP) is 1.14. The topological polar surface area (TPSA) is 123 Å². The van der Waals surface area contributed by atoms with Crippen LogP contribution in [0, 0.1) is 38.4 Å². The first-order valence-electron chi connectivity index (χ1n) is 11.8. The van der Waals surface area contributed by atoms with Crippen molar-refractivity contribution in [3.05, 3.63) is 0 Å². The van der Waals surface area contributed by atoms with Crippen LogP contribution in [0.3, 0.4) is 0 Å². The average molecular weight is 451 g/mol. The minimum absolute atomic E-state index is 0.110. The van der Waals surface area contributed by atoms with E-state index in [0.717, 1.165) is 0 Å². The summed E-state index contributed by atoms with van der Waals surface area (Å²) in [7, 11) is 0. The van der Waals surface area contributed by atoms with Gasteiger partial charge in [0.15, 0.2) is 5.79 Å². The third-order valence-electron chi connectivity index (χ3n) is 11.9. The van der Waals surface area contributed by atoms with Crippen molar-refractivity contribution in [2.75, 3.05) is 6.61 Å². The van der Waals surface area contributed by atoms with E-state index in [4.69, 9.17) is 14.2 Å². The van der Waals surface area contributed by atoms with Crippen LogP contribution in [-0.4, -0.2) is 64.1 Å². The molecule has 6 fully saturated rings. The van der Waals surface area contributed by atoms with E-state index in [0.29, 0.717) is 12.8 Å². The summed E-state index contributed by atoms with van der Waals surface area (Å²) in [6.45, 7) is 10.9. The quantitative estimate of drug-likeness (QED) is 0.536. The molecule has 6 rings (SSSR count). The Balaban J connectivity index is 1.79. The fraction of sp³-hybridized carbons (Fsp3) is 0.917. The monoisotopic (exact) mass is 450 g/mol. The van der Waals surface area contributed by atoms with Crippen molar-refractivity contribution >= 4 is 11.9 Å². The van der Waals surface area contributed by atoms with Crippen LogP contribution in [0.1, 0.15) is 60.8 Å². The minimum Gasteiger partial charge on any atom is -0.462 e. The molecule has 8 nitrogen and oxygen atoms in total. The van der Waals surface area contributed by atoms with Crippen molar-refractivity contribution in [2.45, 2.75) is 91.0 Å². The molecule has 0 radical (unpaired) electrons. The number of rotatable bonds is 2. The number of aliphatic hydroxyl groups excluding tert-OH is 2. The number of carbonyl (C=O) groups is 2. The zero-order valence-electron chi connectivity index (χ0n) is 19.6. The van der Waals surface area contributed by atoms with Crippen LogP contribution in [0.15, 0.2) is 0 Å². The Kier molecular flexibility index (Phi) is 3.47. The van der Waals surface area contributed by atoms with Gasteiger partial charge in [0.05, 0.1) is 18.8 Å². The molecule has 178 valence electrons. The zero-order chi connectivity index (χ0) is 23.5. The fourth-order valence-corrected chi connectivity index (χ4v) is 11.6. The number of hydrogen-bond donors (Lipinski definition) is 3. The lowest BCUT2D eigenvalue weighted by atomic mass is 9.17. The number of esters is 2. The summed E-state index contributed by atoms with van der Waals surface area (Å²) < 4.78 is 18.3. The summed E-state index contributed by atoms with van der Waals surface area (Å²) in [4.78, 5) is 24.8. The first-order chi connectivity index (χ1) is 14.7. The fourth-order valence-electron chi connectivity index (χ4n) is 11.6. The summed E-state index contributed by atoms with van der Waals surface area (Å²) in [5.41, 5.74) is -5.22. The van der Waals surface area contributed by atoms with E-state index < -0.39 is 74.6 Å². The highest BCUT2D eigenvalue weighted by atomic mass is 16.6. The van der Waals surface area contributed by atoms with E-state index in [1.165, 1.54) is 13.8 Å². The number of ether oxygens (including phenoxy) is 3. The van der Waals surface area contributed by atoms with Gasteiger partial charge in [0.25, 0.3) is 0 Å². The van der Waals surface area contributed by atoms with Crippen molar-refractivity contribution in [1.82, 2.24) is 0 Å². The predicted molar refractivity (Wildman–Crippen MR) is 109 cm³/mol. The Labute approximate surface area is 187 Å². The maximum Gasteiger partial charge on any atom is 0.303 e. The van der Waals surface area contributed by atoms with E-state index in [1.807, 2.05) is 13.8 Å². The molecule has 0 amide bonds.